The van der Waals surface area contributed by atoms with Gasteiger partial charge in [0.05, 0.1) is 37.3 Å². The normalized spacial score (nSPS) is 18.4. The first-order valence-corrected chi connectivity index (χ1v) is 5.10. The Kier molecular flexibility index (Phi) is 2.64. The van der Waals surface area contributed by atoms with Gasteiger partial charge in [-0.1, -0.05) is 6.92 Å². The van der Waals surface area contributed by atoms with Crippen LogP contribution in [0.2, 0.25) is 0 Å². The Hall–Kier alpha value is -1.85. The molecule has 0 saturated carbocycles. The summed E-state index contributed by atoms with van der Waals surface area (Å²) in [4.78, 5) is 31.2. The number of carbonyl (C=O) groups is 1. The summed E-state index contributed by atoms with van der Waals surface area (Å²) < 4.78 is 4.68. The number of fused-ring (bicyclic) bond motifs is 1. The number of amides is 1. The van der Waals surface area contributed by atoms with E-state index in [2.05, 4.69) is 14.7 Å². The number of nitrogens with zero attached hydrogens (tertiary/aromatic N) is 2. The number of aromatic amines is 1. The molecule has 0 aromatic carbocycles. The molecule has 1 atom stereocenters. The average molecular weight is 223 g/mol. The second-order valence-electron chi connectivity index (χ2n) is 3.62. The van der Waals surface area contributed by atoms with Gasteiger partial charge in [-0.3, -0.25) is 9.69 Å². The number of hydrogen-bond donors (Lipinski definition) is 1. The average Bonchev–Trinajstić information content (AvgIpc) is 2.68. The second kappa shape index (κ2) is 3.96. The minimum atomic E-state index is -0.427. The van der Waals surface area contributed by atoms with Crippen LogP contribution in [0, 0.1) is 0 Å². The fourth-order valence-corrected chi connectivity index (χ4v) is 2.03. The Balaban J connectivity index is 2.43. The van der Waals surface area contributed by atoms with Gasteiger partial charge in [-0.2, -0.15) is 0 Å². The van der Waals surface area contributed by atoms with Crippen molar-refractivity contribution < 1.29 is 9.53 Å². The Morgan fingerprint density at radius 2 is 2.50 bits per heavy atom. The predicted octanol–water partition coefficient (Wildman–Crippen LogP) is 0.803. The van der Waals surface area contributed by atoms with Gasteiger partial charge < -0.3 is 9.72 Å². The van der Waals surface area contributed by atoms with Crippen molar-refractivity contribution in [3.8, 4) is 0 Å². The molecule has 0 radical (unpaired) electrons. The molecule has 0 spiro atoms. The summed E-state index contributed by atoms with van der Waals surface area (Å²) in [5, 5.41) is 0. The summed E-state index contributed by atoms with van der Waals surface area (Å²) in [7, 11) is 1.33. The van der Waals surface area contributed by atoms with Crippen molar-refractivity contribution in [3.63, 3.8) is 0 Å². The van der Waals surface area contributed by atoms with E-state index in [1.54, 1.807) is 0 Å². The zero-order chi connectivity index (χ0) is 11.7. The van der Waals surface area contributed by atoms with E-state index in [1.807, 2.05) is 6.92 Å². The minimum Gasteiger partial charge on any atom is -0.453 e. The van der Waals surface area contributed by atoms with Gasteiger partial charge in [-0.05, 0) is 6.42 Å². The number of nitrogens with one attached hydrogen (secondary N) is 1. The van der Waals surface area contributed by atoms with Gasteiger partial charge in [0, 0.05) is 0 Å². The van der Waals surface area contributed by atoms with Gasteiger partial charge >= 0.3 is 6.09 Å². The second-order valence-corrected chi connectivity index (χ2v) is 3.62. The summed E-state index contributed by atoms with van der Waals surface area (Å²) in [6, 6.07) is -0.162. The SMILES string of the molecule is CCC1c2nc[nH]c(=O)c2CN1C(=O)OC. The monoisotopic (exact) mass is 223 g/mol. The van der Waals surface area contributed by atoms with E-state index < -0.39 is 6.09 Å². The summed E-state index contributed by atoms with van der Waals surface area (Å²) in [5.41, 5.74) is 1.05. The van der Waals surface area contributed by atoms with Gasteiger partial charge in [-0.15, -0.1) is 0 Å². The first kappa shape index (κ1) is 10.7. The molecule has 1 amide bonds. The third kappa shape index (κ3) is 1.46. The van der Waals surface area contributed by atoms with Crippen LogP contribution in [0.15, 0.2) is 11.1 Å². The van der Waals surface area contributed by atoms with Crippen LogP contribution in [0.1, 0.15) is 30.6 Å². The number of carbonyl (C=O) groups excluding carboxylic acids is 1. The molecule has 1 N–H and O–H groups in total. The highest BCUT2D eigenvalue weighted by molar-refractivity contribution is 5.69. The van der Waals surface area contributed by atoms with Crippen LogP contribution in [-0.4, -0.2) is 28.1 Å². The van der Waals surface area contributed by atoms with E-state index in [0.29, 0.717) is 17.7 Å². The van der Waals surface area contributed by atoms with E-state index >= 15 is 0 Å². The molecule has 6 nitrogen and oxygen atoms in total. The molecule has 2 rings (SSSR count). The number of methoxy groups -OCH3 is 1. The van der Waals surface area contributed by atoms with Crippen LogP contribution < -0.4 is 5.56 Å². The first-order chi connectivity index (χ1) is 7.69. The lowest BCUT2D eigenvalue weighted by Gasteiger charge is -2.21. The minimum absolute atomic E-state index is 0.162. The van der Waals surface area contributed by atoms with E-state index in [9.17, 15) is 9.59 Å². The van der Waals surface area contributed by atoms with Crippen molar-refractivity contribution in [2.75, 3.05) is 7.11 Å². The molecule has 1 aromatic rings. The lowest BCUT2D eigenvalue weighted by atomic mass is 10.1. The quantitative estimate of drug-likeness (QED) is 0.764. The molecule has 86 valence electrons. The Labute approximate surface area is 92.3 Å². The maximum absolute atomic E-state index is 11.6. The maximum Gasteiger partial charge on any atom is 0.410 e. The Bertz CT molecular complexity index is 469. The Morgan fingerprint density at radius 1 is 1.75 bits per heavy atom. The fraction of sp³-hybridized carbons (Fsp3) is 0.500. The van der Waals surface area contributed by atoms with E-state index in [0.717, 1.165) is 0 Å². The van der Waals surface area contributed by atoms with Crippen molar-refractivity contribution in [2.24, 2.45) is 0 Å². The maximum atomic E-state index is 11.6. The molecule has 16 heavy (non-hydrogen) atoms. The van der Waals surface area contributed by atoms with E-state index in [1.165, 1.54) is 18.3 Å². The van der Waals surface area contributed by atoms with Gasteiger partial charge in [0.2, 0.25) is 0 Å². The highest BCUT2D eigenvalue weighted by Crippen LogP contribution is 2.32. The molecule has 0 aliphatic carbocycles. The van der Waals surface area contributed by atoms with Crippen LogP contribution in [0.25, 0.3) is 0 Å². The molecule has 0 saturated heterocycles. The number of H-pyrrole nitrogens is 1. The first-order valence-electron chi connectivity index (χ1n) is 5.10. The highest BCUT2D eigenvalue weighted by atomic mass is 16.5. The third-order valence-corrected chi connectivity index (χ3v) is 2.80. The van der Waals surface area contributed by atoms with Crippen LogP contribution in [0.5, 0.6) is 0 Å². The molecule has 1 aliphatic heterocycles. The van der Waals surface area contributed by atoms with Crippen LogP contribution >= 0.6 is 0 Å². The van der Waals surface area contributed by atoms with Crippen molar-refractivity contribution in [1.82, 2.24) is 14.9 Å². The molecule has 6 heteroatoms. The fourth-order valence-electron chi connectivity index (χ4n) is 2.03. The molecule has 1 unspecified atom stereocenters. The summed E-state index contributed by atoms with van der Waals surface area (Å²) in [6.07, 6.45) is 1.65. The molecule has 1 aromatic heterocycles. The van der Waals surface area contributed by atoms with Crippen LogP contribution in [0.3, 0.4) is 0 Å². The standard InChI is InChI=1S/C10H13N3O3/c1-3-7-8-6(9(14)12-5-11-8)4-13(7)10(15)16-2/h5,7H,3-4H2,1-2H3,(H,11,12,14). The van der Waals surface area contributed by atoms with Crippen molar-refractivity contribution in [1.29, 1.82) is 0 Å². The van der Waals surface area contributed by atoms with Crippen LogP contribution in [0.4, 0.5) is 4.79 Å². The molecular weight excluding hydrogens is 210 g/mol. The smallest absolute Gasteiger partial charge is 0.410 e. The molecular formula is C10H13N3O3. The van der Waals surface area contributed by atoms with Gasteiger partial charge in [0.25, 0.3) is 5.56 Å². The summed E-state index contributed by atoms with van der Waals surface area (Å²) in [6.45, 7) is 2.21. The van der Waals surface area contributed by atoms with E-state index in [4.69, 9.17) is 0 Å². The molecule has 2 heterocycles. The molecule has 1 aliphatic rings. The lowest BCUT2D eigenvalue weighted by Crippen LogP contribution is -2.29. The van der Waals surface area contributed by atoms with Crippen molar-refractivity contribution >= 4 is 6.09 Å². The number of ether oxygens (including phenoxy) is 1. The number of aromatic nitrogens is 2. The number of rotatable bonds is 1. The zero-order valence-electron chi connectivity index (χ0n) is 9.19. The molecule has 0 bridgehead atoms. The third-order valence-electron chi connectivity index (χ3n) is 2.80. The van der Waals surface area contributed by atoms with Gasteiger partial charge in [0.15, 0.2) is 0 Å². The van der Waals surface area contributed by atoms with Gasteiger partial charge in [-0.25, -0.2) is 9.78 Å². The zero-order valence-corrected chi connectivity index (χ0v) is 9.19. The highest BCUT2D eigenvalue weighted by Gasteiger charge is 2.35. The summed E-state index contributed by atoms with van der Waals surface area (Å²) in [5.74, 6) is 0. The van der Waals surface area contributed by atoms with Gasteiger partial charge in [0.1, 0.15) is 0 Å². The van der Waals surface area contributed by atoms with Crippen LogP contribution in [-0.2, 0) is 11.3 Å². The van der Waals surface area contributed by atoms with Crippen molar-refractivity contribution in [3.05, 3.63) is 27.9 Å². The summed E-state index contributed by atoms with van der Waals surface area (Å²) >= 11 is 0. The predicted molar refractivity (Wildman–Crippen MR) is 55.8 cm³/mol. The lowest BCUT2D eigenvalue weighted by molar-refractivity contribution is 0.107. The van der Waals surface area contributed by atoms with Crippen molar-refractivity contribution in [2.45, 2.75) is 25.9 Å². The Morgan fingerprint density at radius 3 is 3.12 bits per heavy atom. The largest absolute Gasteiger partial charge is 0.453 e. The van der Waals surface area contributed by atoms with E-state index in [-0.39, 0.29) is 18.1 Å². The molecule has 0 fully saturated rings. The number of hydrogen-bond acceptors (Lipinski definition) is 4. The topological polar surface area (TPSA) is 75.3 Å².